The third-order valence-corrected chi connectivity index (χ3v) is 3.45. The zero-order chi connectivity index (χ0) is 11.3. The van der Waals surface area contributed by atoms with Crippen LogP contribution in [0.2, 0.25) is 0 Å². The molecule has 1 rings (SSSR count). The standard InChI is InChI=1S/C12H26N2O/c1-4-6-14-7-8-15-11(9-14)12(13)10(3)5-2/h10-12H,4-9,13H2,1-3H3. The summed E-state index contributed by atoms with van der Waals surface area (Å²) in [6, 6.07) is 0.189. The van der Waals surface area contributed by atoms with Crippen molar-refractivity contribution in [3.8, 4) is 0 Å². The Morgan fingerprint density at radius 2 is 2.20 bits per heavy atom. The van der Waals surface area contributed by atoms with Gasteiger partial charge in [0.05, 0.1) is 12.7 Å². The molecular weight excluding hydrogens is 188 g/mol. The van der Waals surface area contributed by atoms with Gasteiger partial charge in [-0.15, -0.1) is 0 Å². The van der Waals surface area contributed by atoms with Crippen molar-refractivity contribution in [2.24, 2.45) is 11.7 Å². The van der Waals surface area contributed by atoms with Crippen LogP contribution in [0.3, 0.4) is 0 Å². The second-order valence-corrected chi connectivity index (χ2v) is 4.67. The molecule has 0 aromatic rings. The summed E-state index contributed by atoms with van der Waals surface area (Å²) in [7, 11) is 0. The molecular formula is C12H26N2O. The third-order valence-electron chi connectivity index (χ3n) is 3.45. The van der Waals surface area contributed by atoms with E-state index in [1.165, 1.54) is 13.0 Å². The van der Waals surface area contributed by atoms with Crippen LogP contribution in [0, 0.1) is 5.92 Å². The molecule has 1 saturated heterocycles. The summed E-state index contributed by atoms with van der Waals surface area (Å²) in [6.45, 7) is 10.7. The van der Waals surface area contributed by atoms with Crippen LogP contribution in [0.25, 0.3) is 0 Å². The monoisotopic (exact) mass is 214 g/mol. The molecule has 1 aliphatic rings. The highest BCUT2D eigenvalue weighted by Crippen LogP contribution is 2.15. The number of morpholine rings is 1. The lowest BCUT2D eigenvalue weighted by Gasteiger charge is -2.37. The Labute approximate surface area is 94.0 Å². The Bertz CT molecular complexity index is 173. The van der Waals surface area contributed by atoms with Crippen molar-refractivity contribution in [2.45, 2.75) is 45.8 Å². The Balaban J connectivity index is 2.41. The van der Waals surface area contributed by atoms with Gasteiger partial charge in [-0.2, -0.15) is 0 Å². The van der Waals surface area contributed by atoms with Gasteiger partial charge in [0.2, 0.25) is 0 Å². The summed E-state index contributed by atoms with van der Waals surface area (Å²) >= 11 is 0. The number of hydrogen-bond acceptors (Lipinski definition) is 3. The van der Waals surface area contributed by atoms with Crippen LogP contribution in [0.5, 0.6) is 0 Å². The van der Waals surface area contributed by atoms with Crippen molar-refractivity contribution in [2.75, 3.05) is 26.2 Å². The van der Waals surface area contributed by atoms with E-state index in [0.717, 1.165) is 26.1 Å². The van der Waals surface area contributed by atoms with Crippen molar-refractivity contribution < 1.29 is 4.74 Å². The van der Waals surface area contributed by atoms with Gasteiger partial charge in [-0.1, -0.05) is 27.2 Å². The van der Waals surface area contributed by atoms with Gasteiger partial charge in [0.1, 0.15) is 0 Å². The van der Waals surface area contributed by atoms with Crippen molar-refractivity contribution >= 4 is 0 Å². The summed E-state index contributed by atoms with van der Waals surface area (Å²) in [5, 5.41) is 0. The van der Waals surface area contributed by atoms with E-state index in [2.05, 4.69) is 25.7 Å². The molecule has 0 aliphatic carbocycles. The molecule has 0 bridgehead atoms. The SMILES string of the molecule is CCCN1CCOC(C(N)C(C)CC)C1. The number of rotatable bonds is 5. The average molecular weight is 214 g/mol. The van der Waals surface area contributed by atoms with Crippen molar-refractivity contribution in [3.05, 3.63) is 0 Å². The zero-order valence-corrected chi connectivity index (χ0v) is 10.4. The van der Waals surface area contributed by atoms with Gasteiger partial charge in [-0.3, -0.25) is 4.90 Å². The summed E-state index contributed by atoms with van der Waals surface area (Å²) in [4.78, 5) is 2.47. The lowest BCUT2D eigenvalue weighted by atomic mass is 9.94. The lowest BCUT2D eigenvalue weighted by Crippen LogP contribution is -2.52. The molecule has 1 aliphatic heterocycles. The van der Waals surface area contributed by atoms with Crippen LogP contribution in [0.1, 0.15) is 33.6 Å². The Morgan fingerprint density at radius 1 is 1.47 bits per heavy atom. The molecule has 15 heavy (non-hydrogen) atoms. The second-order valence-electron chi connectivity index (χ2n) is 4.67. The molecule has 3 heteroatoms. The fourth-order valence-corrected chi connectivity index (χ4v) is 2.12. The highest BCUT2D eigenvalue weighted by molar-refractivity contribution is 4.83. The number of hydrogen-bond donors (Lipinski definition) is 1. The third kappa shape index (κ3) is 3.74. The van der Waals surface area contributed by atoms with Crippen LogP contribution in [0.4, 0.5) is 0 Å². The van der Waals surface area contributed by atoms with Crippen LogP contribution in [0.15, 0.2) is 0 Å². The largest absolute Gasteiger partial charge is 0.374 e. The quantitative estimate of drug-likeness (QED) is 0.753. The van der Waals surface area contributed by atoms with E-state index < -0.39 is 0 Å². The van der Waals surface area contributed by atoms with E-state index in [4.69, 9.17) is 10.5 Å². The highest BCUT2D eigenvalue weighted by atomic mass is 16.5. The summed E-state index contributed by atoms with van der Waals surface area (Å²) in [5.74, 6) is 0.552. The maximum Gasteiger partial charge on any atom is 0.0855 e. The molecule has 0 saturated carbocycles. The molecule has 0 radical (unpaired) electrons. The highest BCUT2D eigenvalue weighted by Gasteiger charge is 2.27. The first-order valence-electron chi connectivity index (χ1n) is 6.28. The molecule has 90 valence electrons. The first kappa shape index (κ1) is 12.9. The van der Waals surface area contributed by atoms with E-state index in [1.807, 2.05) is 0 Å². The molecule has 0 aromatic carbocycles. The van der Waals surface area contributed by atoms with Crippen LogP contribution < -0.4 is 5.73 Å². The maximum atomic E-state index is 6.21. The Kier molecular flexibility index (Phi) is 5.58. The summed E-state index contributed by atoms with van der Waals surface area (Å²) in [6.07, 6.45) is 2.58. The van der Waals surface area contributed by atoms with Gasteiger partial charge in [-0.25, -0.2) is 0 Å². The topological polar surface area (TPSA) is 38.5 Å². The van der Waals surface area contributed by atoms with Crippen LogP contribution in [-0.2, 0) is 4.74 Å². The van der Waals surface area contributed by atoms with Crippen molar-refractivity contribution in [1.29, 1.82) is 0 Å². The fraction of sp³-hybridized carbons (Fsp3) is 1.00. The molecule has 0 amide bonds. The minimum atomic E-state index is 0.189. The van der Waals surface area contributed by atoms with Crippen molar-refractivity contribution in [3.63, 3.8) is 0 Å². The molecule has 3 nitrogen and oxygen atoms in total. The van der Waals surface area contributed by atoms with Gasteiger partial charge >= 0.3 is 0 Å². The van der Waals surface area contributed by atoms with E-state index in [-0.39, 0.29) is 12.1 Å². The predicted octanol–water partition coefficient (Wildman–Crippen LogP) is 1.47. The van der Waals surface area contributed by atoms with Crippen LogP contribution >= 0.6 is 0 Å². The number of ether oxygens (including phenoxy) is 1. The van der Waals surface area contributed by atoms with Gasteiger partial charge < -0.3 is 10.5 Å². The average Bonchev–Trinajstić information content (AvgIpc) is 2.28. The van der Waals surface area contributed by atoms with Gasteiger partial charge in [0.25, 0.3) is 0 Å². The molecule has 0 aromatic heterocycles. The minimum absolute atomic E-state index is 0.189. The summed E-state index contributed by atoms with van der Waals surface area (Å²) in [5.41, 5.74) is 6.21. The van der Waals surface area contributed by atoms with E-state index in [1.54, 1.807) is 0 Å². The van der Waals surface area contributed by atoms with E-state index >= 15 is 0 Å². The second kappa shape index (κ2) is 6.46. The maximum absolute atomic E-state index is 6.21. The number of nitrogens with zero attached hydrogens (tertiary/aromatic N) is 1. The molecule has 3 unspecified atom stereocenters. The Morgan fingerprint density at radius 3 is 2.80 bits per heavy atom. The Hall–Kier alpha value is -0.120. The van der Waals surface area contributed by atoms with Crippen LogP contribution in [-0.4, -0.2) is 43.3 Å². The first-order valence-corrected chi connectivity index (χ1v) is 6.28. The van der Waals surface area contributed by atoms with E-state index in [9.17, 15) is 0 Å². The minimum Gasteiger partial charge on any atom is -0.374 e. The van der Waals surface area contributed by atoms with Gasteiger partial charge in [0, 0.05) is 19.1 Å². The molecule has 1 fully saturated rings. The fourth-order valence-electron chi connectivity index (χ4n) is 2.12. The first-order chi connectivity index (χ1) is 7.19. The van der Waals surface area contributed by atoms with Gasteiger partial charge in [-0.05, 0) is 18.9 Å². The number of nitrogens with two attached hydrogens (primary N) is 1. The molecule has 3 atom stereocenters. The van der Waals surface area contributed by atoms with Crippen molar-refractivity contribution in [1.82, 2.24) is 4.90 Å². The lowest BCUT2D eigenvalue weighted by molar-refractivity contribution is -0.0482. The smallest absolute Gasteiger partial charge is 0.0855 e. The predicted molar refractivity (Wildman–Crippen MR) is 63.9 cm³/mol. The summed E-state index contributed by atoms with van der Waals surface area (Å²) < 4.78 is 5.77. The molecule has 1 heterocycles. The zero-order valence-electron chi connectivity index (χ0n) is 10.4. The van der Waals surface area contributed by atoms with Gasteiger partial charge in [0.15, 0.2) is 0 Å². The molecule has 0 spiro atoms. The van der Waals surface area contributed by atoms with E-state index in [0.29, 0.717) is 5.92 Å². The normalized spacial score (nSPS) is 27.6. The molecule has 2 N–H and O–H groups in total.